The van der Waals surface area contributed by atoms with E-state index in [4.69, 9.17) is 4.74 Å². The molecule has 0 fully saturated rings. The van der Waals surface area contributed by atoms with Gasteiger partial charge >= 0.3 is 0 Å². The van der Waals surface area contributed by atoms with Crippen LogP contribution in [0.1, 0.15) is 20.7 Å². The SMILES string of the molecule is COc1cnc2c(N3C(=O)c4ccccc4C3=O)cccc2c1. The molecule has 1 aliphatic rings. The molecular weight excluding hydrogens is 292 g/mol. The normalized spacial score (nSPS) is 13.5. The number of fused-ring (bicyclic) bond motifs is 2. The van der Waals surface area contributed by atoms with E-state index in [1.54, 1.807) is 49.7 Å². The molecule has 1 aliphatic heterocycles. The summed E-state index contributed by atoms with van der Waals surface area (Å²) < 4.78 is 5.17. The molecule has 5 nitrogen and oxygen atoms in total. The number of imide groups is 1. The number of amides is 2. The van der Waals surface area contributed by atoms with Gasteiger partial charge in [-0.15, -0.1) is 0 Å². The van der Waals surface area contributed by atoms with Gasteiger partial charge in [-0.05, 0) is 24.3 Å². The standard InChI is InChI=1S/C18H12N2O3/c1-23-12-9-11-5-4-8-15(16(11)19-10-12)20-17(21)13-6-2-3-7-14(13)18(20)22/h2-10H,1H3. The third-order valence-corrected chi connectivity index (χ3v) is 3.94. The number of carbonyl (C=O) groups excluding carboxylic acids is 2. The van der Waals surface area contributed by atoms with Crippen molar-refractivity contribution in [1.82, 2.24) is 4.98 Å². The number of carbonyl (C=O) groups is 2. The second kappa shape index (κ2) is 4.91. The van der Waals surface area contributed by atoms with E-state index >= 15 is 0 Å². The van der Waals surface area contributed by atoms with Crippen molar-refractivity contribution in [3.63, 3.8) is 0 Å². The van der Waals surface area contributed by atoms with Gasteiger partial charge in [0, 0.05) is 5.39 Å². The van der Waals surface area contributed by atoms with Crippen LogP contribution in [0.2, 0.25) is 0 Å². The first kappa shape index (κ1) is 13.5. The maximum atomic E-state index is 12.6. The fourth-order valence-corrected chi connectivity index (χ4v) is 2.82. The molecule has 0 bridgehead atoms. The molecule has 0 unspecified atom stereocenters. The number of hydrogen-bond donors (Lipinski definition) is 0. The quantitative estimate of drug-likeness (QED) is 0.683. The van der Waals surface area contributed by atoms with Crippen LogP contribution in [0.15, 0.2) is 54.7 Å². The van der Waals surface area contributed by atoms with Gasteiger partial charge in [0.05, 0.1) is 35.6 Å². The van der Waals surface area contributed by atoms with Gasteiger partial charge in [-0.2, -0.15) is 0 Å². The predicted octanol–water partition coefficient (Wildman–Crippen LogP) is 3.04. The van der Waals surface area contributed by atoms with E-state index in [0.29, 0.717) is 28.1 Å². The van der Waals surface area contributed by atoms with Gasteiger partial charge in [0.2, 0.25) is 0 Å². The van der Waals surface area contributed by atoms with Crippen molar-refractivity contribution in [3.05, 3.63) is 65.9 Å². The zero-order chi connectivity index (χ0) is 16.0. The highest BCUT2D eigenvalue weighted by molar-refractivity contribution is 6.35. The van der Waals surface area contributed by atoms with Crippen molar-refractivity contribution in [2.24, 2.45) is 0 Å². The number of para-hydroxylation sites is 1. The summed E-state index contributed by atoms with van der Waals surface area (Å²) in [6.07, 6.45) is 1.57. The first-order valence-corrected chi connectivity index (χ1v) is 7.11. The lowest BCUT2D eigenvalue weighted by molar-refractivity contribution is 0.0926. The number of pyridine rings is 1. The topological polar surface area (TPSA) is 59.5 Å². The molecule has 3 aromatic rings. The van der Waals surface area contributed by atoms with Crippen LogP contribution in [-0.4, -0.2) is 23.9 Å². The maximum Gasteiger partial charge on any atom is 0.266 e. The number of rotatable bonds is 2. The Kier molecular flexibility index (Phi) is 2.87. The van der Waals surface area contributed by atoms with Crippen molar-refractivity contribution in [3.8, 4) is 5.75 Å². The molecule has 0 aliphatic carbocycles. The fourth-order valence-electron chi connectivity index (χ4n) is 2.82. The third-order valence-electron chi connectivity index (χ3n) is 3.94. The molecule has 2 aromatic carbocycles. The van der Waals surface area contributed by atoms with E-state index in [1.807, 2.05) is 12.1 Å². The minimum atomic E-state index is -0.323. The zero-order valence-electron chi connectivity index (χ0n) is 12.3. The van der Waals surface area contributed by atoms with Crippen LogP contribution in [0.4, 0.5) is 5.69 Å². The van der Waals surface area contributed by atoms with Crippen LogP contribution < -0.4 is 9.64 Å². The first-order chi connectivity index (χ1) is 11.2. The minimum Gasteiger partial charge on any atom is -0.495 e. The second-order valence-corrected chi connectivity index (χ2v) is 5.22. The predicted molar refractivity (Wildman–Crippen MR) is 85.9 cm³/mol. The molecule has 0 atom stereocenters. The highest BCUT2D eigenvalue weighted by atomic mass is 16.5. The average Bonchev–Trinajstić information content (AvgIpc) is 2.85. The Bertz CT molecular complexity index is 930. The summed E-state index contributed by atoms with van der Waals surface area (Å²) in [5.74, 6) is -0.0246. The Balaban J connectivity index is 1.91. The highest BCUT2D eigenvalue weighted by Crippen LogP contribution is 2.33. The molecule has 1 aromatic heterocycles. The zero-order valence-corrected chi connectivity index (χ0v) is 12.3. The van der Waals surface area contributed by atoms with E-state index in [9.17, 15) is 9.59 Å². The molecule has 4 rings (SSSR count). The Morgan fingerprint density at radius 2 is 1.65 bits per heavy atom. The summed E-state index contributed by atoms with van der Waals surface area (Å²) in [7, 11) is 1.57. The van der Waals surface area contributed by atoms with E-state index < -0.39 is 0 Å². The van der Waals surface area contributed by atoms with Crippen molar-refractivity contribution < 1.29 is 14.3 Å². The molecule has 2 amide bonds. The first-order valence-electron chi connectivity index (χ1n) is 7.11. The summed E-state index contributed by atoms with van der Waals surface area (Å²) in [6, 6.07) is 14.0. The number of methoxy groups -OCH3 is 1. The van der Waals surface area contributed by atoms with Gasteiger partial charge in [0.25, 0.3) is 11.8 Å². The maximum absolute atomic E-state index is 12.6. The van der Waals surface area contributed by atoms with Gasteiger partial charge < -0.3 is 4.74 Å². The lowest BCUT2D eigenvalue weighted by Gasteiger charge is -2.16. The molecule has 2 heterocycles. The van der Waals surface area contributed by atoms with Gasteiger partial charge in [0.1, 0.15) is 5.75 Å². The summed E-state index contributed by atoms with van der Waals surface area (Å²) in [4.78, 5) is 30.8. The average molecular weight is 304 g/mol. The summed E-state index contributed by atoms with van der Waals surface area (Å²) >= 11 is 0. The summed E-state index contributed by atoms with van der Waals surface area (Å²) in [5.41, 5.74) is 1.91. The molecular formula is C18H12N2O3. The fraction of sp³-hybridized carbons (Fsp3) is 0.0556. The van der Waals surface area contributed by atoms with Crippen molar-refractivity contribution in [1.29, 1.82) is 0 Å². The highest BCUT2D eigenvalue weighted by Gasteiger charge is 2.37. The van der Waals surface area contributed by atoms with Crippen molar-refractivity contribution in [2.45, 2.75) is 0 Å². The van der Waals surface area contributed by atoms with Gasteiger partial charge in [0.15, 0.2) is 0 Å². The van der Waals surface area contributed by atoms with E-state index in [1.165, 1.54) is 4.90 Å². The van der Waals surface area contributed by atoms with Crippen LogP contribution in [0.5, 0.6) is 5.75 Å². The molecule has 0 N–H and O–H groups in total. The van der Waals surface area contributed by atoms with E-state index in [0.717, 1.165) is 5.39 Å². The number of aromatic nitrogens is 1. The van der Waals surface area contributed by atoms with Crippen LogP contribution in [-0.2, 0) is 0 Å². The minimum absolute atomic E-state index is 0.323. The monoisotopic (exact) mass is 304 g/mol. The lowest BCUT2D eigenvalue weighted by Crippen LogP contribution is -2.29. The van der Waals surface area contributed by atoms with Gasteiger partial charge in [-0.25, -0.2) is 4.90 Å². The van der Waals surface area contributed by atoms with Crippen LogP contribution in [0, 0.1) is 0 Å². The molecule has 23 heavy (non-hydrogen) atoms. The van der Waals surface area contributed by atoms with E-state index in [2.05, 4.69) is 4.98 Å². The molecule has 0 spiro atoms. The van der Waals surface area contributed by atoms with Crippen LogP contribution >= 0.6 is 0 Å². The number of ether oxygens (including phenoxy) is 1. The van der Waals surface area contributed by atoms with E-state index in [-0.39, 0.29) is 11.8 Å². The molecule has 0 saturated carbocycles. The number of anilines is 1. The molecule has 0 radical (unpaired) electrons. The summed E-state index contributed by atoms with van der Waals surface area (Å²) in [6.45, 7) is 0. The Morgan fingerprint density at radius 3 is 2.30 bits per heavy atom. The Hall–Kier alpha value is -3.21. The van der Waals surface area contributed by atoms with Crippen LogP contribution in [0.25, 0.3) is 10.9 Å². The number of nitrogens with zero attached hydrogens (tertiary/aromatic N) is 2. The van der Waals surface area contributed by atoms with Crippen molar-refractivity contribution >= 4 is 28.4 Å². The van der Waals surface area contributed by atoms with Crippen molar-refractivity contribution in [2.75, 3.05) is 12.0 Å². The lowest BCUT2D eigenvalue weighted by atomic mass is 10.1. The smallest absolute Gasteiger partial charge is 0.266 e. The largest absolute Gasteiger partial charge is 0.495 e. The Morgan fingerprint density at radius 1 is 0.957 bits per heavy atom. The number of benzene rings is 2. The third kappa shape index (κ3) is 1.90. The van der Waals surface area contributed by atoms with Crippen LogP contribution in [0.3, 0.4) is 0 Å². The number of hydrogen-bond acceptors (Lipinski definition) is 4. The second-order valence-electron chi connectivity index (χ2n) is 5.22. The molecule has 112 valence electrons. The van der Waals surface area contributed by atoms with Gasteiger partial charge in [-0.1, -0.05) is 24.3 Å². The molecule has 5 heteroatoms. The Labute approximate surface area is 132 Å². The van der Waals surface area contributed by atoms with Gasteiger partial charge in [-0.3, -0.25) is 14.6 Å². The molecule has 0 saturated heterocycles. The summed E-state index contributed by atoms with van der Waals surface area (Å²) in [5, 5.41) is 0.804.